The van der Waals surface area contributed by atoms with Gasteiger partial charge in [-0.3, -0.25) is 10.1 Å². The van der Waals surface area contributed by atoms with Gasteiger partial charge in [0.25, 0.3) is 5.69 Å². The van der Waals surface area contributed by atoms with E-state index in [0.29, 0.717) is 13.0 Å². The minimum absolute atomic E-state index is 0.0984. The summed E-state index contributed by atoms with van der Waals surface area (Å²) in [5.74, 6) is 0.893. The Hall–Kier alpha value is -2.21. The van der Waals surface area contributed by atoms with Crippen LogP contribution in [0.5, 0.6) is 0 Å². The molecule has 6 nitrogen and oxygen atoms in total. The summed E-state index contributed by atoms with van der Waals surface area (Å²) in [5, 5.41) is 10.5. The lowest BCUT2D eigenvalue weighted by molar-refractivity contribution is -0.384. The van der Waals surface area contributed by atoms with E-state index in [-0.39, 0.29) is 5.69 Å². The molecule has 1 aromatic carbocycles. The maximum atomic E-state index is 10.5. The molecule has 0 fully saturated rings. The highest BCUT2D eigenvalue weighted by molar-refractivity contribution is 5.34. The minimum Gasteiger partial charge on any atom is -0.334 e. The van der Waals surface area contributed by atoms with Gasteiger partial charge in [0.2, 0.25) is 0 Å². The second-order valence-corrected chi connectivity index (χ2v) is 4.03. The number of nitrogens with zero attached hydrogens (tertiary/aromatic N) is 3. The molecule has 0 radical (unpaired) electrons. The van der Waals surface area contributed by atoms with E-state index in [2.05, 4.69) is 4.98 Å². The normalized spacial score (nSPS) is 10.6. The average molecular weight is 246 g/mol. The quantitative estimate of drug-likeness (QED) is 0.652. The molecule has 0 aliphatic rings. The van der Waals surface area contributed by atoms with Crippen LogP contribution in [-0.2, 0) is 20.0 Å². The van der Waals surface area contributed by atoms with Gasteiger partial charge in [0.15, 0.2) is 0 Å². The largest absolute Gasteiger partial charge is 0.334 e. The number of nitro groups is 1. The van der Waals surface area contributed by atoms with Gasteiger partial charge >= 0.3 is 0 Å². The van der Waals surface area contributed by atoms with Crippen LogP contribution in [0, 0.1) is 10.1 Å². The molecule has 2 aromatic rings. The molecule has 0 spiro atoms. The highest BCUT2D eigenvalue weighted by Gasteiger charge is 2.08. The van der Waals surface area contributed by atoms with Gasteiger partial charge < -0.3 is 10.3 Å². The summed E-state index contributed by atoms with van der Waals surface area (Å²) in [4.78, 5) is 14.4. The van der Waals surface area contributed by atoms with Crippen LogP contribution in [-0.4, -0.2) is 14.5 Å². The van der Waals surface area contributed by atoms with E-state index < -0.39 is 4.92 Å². The van der Waals surface area contributed by atoms with Gasteiger partial charge in [-0.15, -0.1) is 0 Å². The van der Waals surface area contributed by atoms with Gasteiger partial charge in [0.1, 0.15) is 5.82 Å². The maximum Gasteiger partial charge on any atom is 0.269 e. The predicted octanol–water partition coefficient (Wildman–Crippen LogP) is 1.38. The molecule has 0 unspecified atom stereocenters. The zero-order chi connectivity index (χ0) is 13.1. The van der Waals surface area contributed by atoms with Crippen molar-refractivity contribution in [2.24, 2.45) is 12.8 Å². The summed E-state index contributed by atoms with van der Waals surface area (Å²) in [7, 11) is 1.91. The van der Waals surface area contributed by atoms with Crippen LogP contribution in [0.3, 0.4) is 0 Å². The molecule has 0 aliphatic carbocycles. The number of imidazole rings is 1. The lowest BCUT2D eigenvalue weighted by Gasteiger charge is -2.04. The first-order valence-corrected chi connectivity index (χ1v) is 5.54. The SMILES string of the molecule is Cn1c(CN)cnc1Cc1ccc([N+](=O)[O-])cc1. The van der Waals surface area contributed by atoms with Crippen LogP contribution < -0.4 is 5.73 Å². The molecule has 1 heterocycles. The van der Waals surface area contributed by atoms with Gasteiger partial charge in [-0.05, 0) is 5.56 Å². The van der Waals surface area contributed by atoms with Crippen molar-refractivity contribution < 1.29 is 4.92 Å². The predicted molar refractivity (Wildman–Crippen MR) is 67.0 cm³/mol. The number of hydrogen-bond acceptors (Lipinski definition) is 4. The molecular formula is C12H14N4O2. The van der Waals surface area contributed by atoms with Gasteiger partial charge in [-0.2, -0.15) is 0 Å². The molecular weight excluding hydrogens is 232 g/mol. The summed E-state index contributed by atoms with van der Waals surface area (Å²) in [6, 6.07) is 6.49. The standard InChI is InChI=1S/C12H14N4O2/c1-15-11(7-13)8-14-12(15)6-9-2-4-10(5-3-9)16(17)18/h2-5,8H,6-7,13H2,1H3. The van der Waals surface area contributed by atoms with Crippen molar-refractivity contribution in [1.82, 2.24) is 9.55 Å². The van der Waals surface area contributed by atoms with Crippen LogP contribution >= 0.6 is 0 Å². The van der Waals surface area contributed by atoms with Crippen molar-refractivity contribution in [2.45, 2.75) is 13.0 Å². The molecule has 1 aromatic heterocycles. The smallest absolute Gasteiger partial charge is 0.269 e. The molecule has 18 heavy (non-hydrogen) atoms. The molecule has 2 rings (SSSR count). The minimum atomic E-state index is -0.406. The number of non-ortho nitro benzene ring substituents is 1. The van der Waals surface area contributed by atoms with Crippen LogP contribution in [0.1, 0.15) is 17.1 Å². The maximum absolute atomic E-state index is 10.5. The van der Waals surface area contributed by atoms with E-state index in [1.807, 2.05) is 11.6 Å². The summed E-state index contributed by atoms with van der Waals surface area (Å²) < 4.78 is 1.95. The fraction of sp³-hybridized carbons (Fsp3) is 0.250. The van der Waals surface area contributed by atoms with Crippen LogP contribution in [0.15, 0.2) is 30.5 Å². The topological polar surface area (TPSA) is 87.0 Å². The number of benzene rings is 1. The number of hydrogen-bond donors (Lipinski definition) is 1. The van der Waals surface area contributed by atoms with E-state index in [4.69, 9.17) is 5.73 Å². The van der Waals surface area contributed by atoms with Crippen molar-refractivity contribution in [2.75, 3.05) is 0 Å². The van der Waals surface area contributed by atoms with E-state index >= 15 is 0 Å². The lowest BCUT2D eigenvalue weighted by Crippen LogP contribution is -2.06. The van der Waals surface area contributed by atoms with Crippen LogP contribution in [0.4, 0.5) is 5.69 Å². The van der Waals surface area contributed by atoms with Gasteiger partial charge in [-0.25, -0.2) is 4.98 Å². The van der Waals surface area contributed by atoms with E-state index in [9.17, 15) is 10.1 Å². The first-order valence-electron chi connectivity index (χ1n) is 5.54. The second-order valence-electron chi connectivity index (χ2n) is 4.03. The third-order valence-corrected chi connectivity index (χ3v) is 2.90. The van der Waals surface area contributed by atoms with Crippen molar-refractivity contribution in [1.29, 1.82) is 0 Å². The average Bonchev–Trinajstić information content (AvgIpc) is 2.71. The highest BCUT2D eigenvalue weighted by Crippen LogP contribution is 2.15. The Kier molecular flexibility index (Phi) is 3.38. The van der Waals surface area contributed by atoms with Gasteiger partial charge in [-0.1, -0.05) is 12.1 Å². The summed E-state index contributed by atoms with van der Waals surface area (Å²) in [6.45, 7) is 0.448. The molecule has 0 bridgehead atoms. The third-order valence-electron chi connectivity index (χ3n) is 2.90. The van der Waals surface area contributed by atoms with E-state index in [0.717, 1.165) is 17.1 Å². The van der Waals surface area contributed by atoms with Crippen molar-refractivity contribution in [3.05, 3.63) is 57.7 Å². The lowest BCUT2D eigenvalue weighted by atomic mass is 10.1. The first kappa shape index (κ1) is 12.3. The van der Waals surface area contributed by atoms with Crippen molar-refractivity contribution in [3.8, 4) is 0 Å². The van der Waals surface area contributed by atoms with Crippen molar-refractivity contribution >= 4 is 5.69 Å². The molecule has 0 aliphatic heterocycles. The monoisotopic (exact) mass is 246 g/mol. The van der Waals surface area contributed by atoms with Crippen LogP contribution in [0.25, 0.3) is 0 Å². The molecule has 0 saturated heterocycles. The molecule has 0 atom stereocenters. The number of aromatic nitrogens is 2. The summed E-state index contributed by atoms with van der Waals surface area (Å²) >= 11 is 0. The molecule has 94 valence electrons. The second kappa shape index (κ2) is 4.97. The Labute approximate surface area is 104 Å². The Morgan fingerprint density at radius 1 is 1.39 bits per heavy atom. The molecule has 2 N–H and O–H groups in total. The zero-order valence-corrected chi connectivity index (χ0v) is 10.0. The van der Waals surface area contributed by atoms with Crippen molar-refractivity contribution in [3.63, 3.8) is 0 Å². The molecule has 0 amide bonds. The molecule has 0 saturated carbocycles. The first-order chi connectivity index (χ1) is 8.61. The van der Waals surface area contributed by atoms with Crippen LogP contribution in [0.2, 0.25) is 0 Å². The summed E-state index contributed by atoms with van der Waals surface area (Å²) in [5.41, 5.74) is 7.62. The number of nitrogens with two attached hydrogens (primary N) is 1. The summed E-state index contributed by atoms with van der Waals surface area (Å²) in [6.07, 6.45) is 2.38. The Morgan fingerprint density at radius 2 is 2.06 bits per heavy atom. The van der Waals surface area contributed by atoms with Gasteiger partial charge in [0, 0.05) is 38.3 Å². The van der Waals surface area contributed by atoms with E-state index in [1.54, 1.807) is 18.3 Å². The number of nitro benzene ring substituents is 1. The zero-order valence-electron chi connectivity index (χ0n) is 10.0. The fourth-order valence-electron chi connectivity index (χ4n) is 1.76. The Balaban J connectivity index is 2.18. The Bertz CT molecular complexity index is 560. The highest BCUT2D eigenvalue weighted by atomic mass is 16.6. The van der Waals surface area contributed by atoms with Gasteiger partial charge in [0.05, 0.1) is 10.6 Å². The Morgan fingerprint density at radius 3 is 2.56 bits per heavy atom. The molecule has 6 heteroatoms. The fourth-order valence-corrected chi connectivity index (χ4v) is 1.76. The van der Waals surface area contributed by atoms with E-state index in [1.165, 1.54) is 12.1 Å². The third kappa shape index (κ3) is 2.38. The number of rotatable bonds is 4.